The highest BCUT2D eigenvalue weighted by Crippen LogP contribution is 2.26. The SMILES string of the molecule is Cn1nc(C(=O)N2CCCCC2)c2c1CC[C@@H](NCCc1nc(-c3ccccc3)cs1)C2. The van der Waals surface area contributed by atoms with Crippen molar-refractivity contribution in [2.24, 2.45) is 7.05 Å². The molecule has 2 aliphatic rings. The monoisotopic (exact) mass is 449 g/mol. The smallest absolute Gasteiger partial charge is 0.274 e. The summed E-state index contributed by atoms with van der Waals surface area (Å²) in [5, 5.41) is 11.7. The number of aryl methyl sites for hydroxylation is 1. The summed E-state index contributed by atoms with van der Waals surface area (Å²) in [6, 6.07) is 10.7. The lowest BCUT2D eigenvalue weighted by Crippen LogP contribution is -2.38. The summed E-state index contributed by atoms with van der Waals surface area (Å²) in [5.74, 6) is 0.124. The van der Waals surface area contributed by atoms with Crippen LogP contribution in [-0.2, 0) is 26.3 Å². The molecule has 0 radical (unpaired) electrons. The number of hydrogen-bond donors (Lipinski definition) is 1. The number of fused-ring (bicyclic) bond motifs is 1. The maximum atomic E-state index is 13.1. The summed E-state index contributed by atoms with van der Waals surface area (Å²) >= 11 is 1.73. The first kappa shape index (κ1) is 21.3. The Labute approximate surface area is 193 Å². The van der Waals surface area contributed by atoms with Gasteiger partial charge in [0, 0.05) is 61.3 Å². The molecule has 7 heteroatoms. The highest BCUT2D eigenvalue weighted by atomic mass is 32.1. The first-order chi connectivity index (χ1) is 15.7. The van der Waals surface area contributed by atoms with Gasteiger partial charge in [0.1, 0.15) is 0 Å². The van der Waals surface area contributed by atoms with Crippen molar-refractivity contribution in [2.75, 3.05) is 19.6 Å². The lowest BCUT2D eigenvalue weighted by atomic mass is 9.91. The Morgan fingerprint density at radius 1 is 1.19 bits per heavy atom. The van der Waals surface area contributed by atoms with Crippen LogP contribution in [0.4, 0.5) is 0 Å². The van der Waals surface area contributed by atoms with Gasteiger partial charge in [0.2, 0.25) is 0 Å². The van der Waals surface area contributed by atoms with Gasteiger partial charge >= 0.3 is 0 Å². The Balaban J connectivity index is 1.19. The fourth-order valence-electron chi connectivity index (χ4n) is 4.93. The van der Waals surface area contributed by atoms with E-state index >= 15 is 0 Å². The average molecular weight is 450 g/mol. The van der Waals surface area contributed by atoms with Crippen molar-refractivity contribution in [2.45, 2.75) is 51.0 Å². The zero-order chi connectivity index (χ0) is 21.9. The molecule has 6 nitrogen and oxygen atoms in total. The van der Waals surface area contributed by atoms with Crippen molar-refractivity contribution in [3.63, 3.8) is 0 Å². The van der Waals surface area contributed by atoms with E-state index in [0.29, 0.717) is 11.7 Å². The third-order valence-corrected chi connectivity index (χ3v) is 7.60. The van der Waals surface area contributed by atoms with Gasteiger partial charge in [-0.25, -0.2) is 4.98 Å². The first-order valence-corrected chi connectivity index (χ1v) is 12.6. The number of carbonyl (C=O) groups excluding carboxylic acids is 1. The van der Waals surface area contributed by atoms with E-state index < -0.39 is 0 Å². The number of carbonyl (C=O) groups is 1. The number of hydrogen-bond acceptors (Lipinski definition) is 5. The minimum Gasteiger partial charge on any atom is -0.337 e. The van der Waals surface area contributed by atoms with E-state index in [1.807, 2.05) is 22.7 Å². The second-order valence-corrected chi connectivity index (χ2v) is 9.83. The number of nitrogens with zero attached hydrogens (tertiary/aromatic N) is 4. The Morgan fingerprint density at radius 3 is 2.81 bits per heavy atom. The molecule has 3 aromatic rings. The van der Waals surface area contributed by atoms with Gasteiger partial charge < -0.3 is 10.2 Å². The normalized spacial score (nSPS) is 18.5. The highest BCUT2D eigenvalue weighted by molar-refractivity contribution is 7.09. The summed E-state index contributed by atoms with van der Waals surface area (Å²) in [7, 11) is 1.98. The molecule has 3 heterocycles. The number of piperidine rings is 1. The molecular weight excluding hydrogens is 418 g/mol. The fraction of sp³-hybridized carbons (Fsp3) is 0.480. The van der Waals surface area contributed by atoms with Crippen LogP contribution in [0.2, 0.25) is 0 Å². The van der Waals surface area contributed by atoms with E-state index in [4.69, 9.17) is 4.98 Å². The standard InChI is InChI=1S/C25H31N5OS/c1-29-22-11-10-19(16-20(22)24(28-29)25(31)30-14-6-3-7-15-30)26-13-12-23-27-21(17-32-23)18-8-4-2-5-9-18/h2,4-5,8-9,17,19,26H,3,6-7,10-16H2,1H3/t19-/m1/s1. The molecule has 0 saturated carbocycles. The second kappa shape index (κ2) is 9.55. The minimum absolute atomic E-state index is 0.124. The van der Waals surface area contributed by atoms with E-state index in [2.05, 4.69) is 40.1 Å². The number of likely N-dealkylation sites (tertiary alicyclic amines) is 1. The second-order valence-electron chi connectivity index (χ2n) is 8.89. The van der Waals surface area contributed by atoms with Gasteiger partial charge in [-0.3, -0.25) is 9.48 Å². The number of nitrogens with one attached hydrogen (secondary N) is 1. The van der Waals surface area contributed by atoms with Gasteiger partial charge in [-0.2, -0.15) is 5.10 Å². The number of aromatic nitrogens is 3. The molecule has 1 fully saturated rings. The predicted octanol–water partition coefficient (Wildman–Crippen LogP) is 3.86. The summed E-state index contributed by atoms with van der Waals surface area (Å²) in [4.78, 5) is 19.9. The molecule has 168 valence electrons. The molecule has 32 heavy (non-hydrogen) atoms. The van der Waals surface area contributed by atoms with Crippen LogP contribution in [0.1, 0.15) is 52.4 Å². The van der Waals surface area contributed by atoms with Crippen molar-refractivity contribution in [3.05, 3.63) is 57.7 Å². The van der Waals surface area contributed by atoms with Gasteiger partial charge in [-0.15, -0.1) is 11.3 Å². The first-order valence-electron chi connectivity index (χ1n) is 11.8. The molecule has 0 spiro atoms. The molecule has 0 bridgehead atoms. The summed E-state index contributed by atoms with van der Waals surface area (Å²) in [6.07, 6.45) is 7.29. The molecule has 1 N–H and O–H groups in total. The van der Waals surface area contributed by atoms with Crippen LogP contribution in [0.3, 0.4) is 0 Å². The Bertz CT molecular complexity index is 1070. The van der Waals surface area contributed by atoms with Crippen molar-refractivity contribution in [1.82, 2.24) is 25.0 Å². The van der Waals surface area contributed by atoms with Crippen LogP contribution in [0.25, 0.3) is 11.3 Å². The van der Waals surface area contributed by atoms with E-state index in [9.17, 15) is 4.79 Å². The van der Waals surface area contributed by atoms with Crippen LogP contribution >= 0.6 is 11.3 Å². The molecule has 1 amide bonds. The zero-order valence-corrected chi connectivity index (χ0v) is 19.5. The number of rotatable bonds is 6. The quantitative estimate of drug-likeness (QED) is 0.621. The van der Waals surface area contributed by atoms with Crippen molar-refractivity contribution >= 4 is 17.2 Å². The summed E-state index contributed by atoms with van der Waals surface area (Å²) in [6.45, 7) is 2.63. The van der Waals surface area contributed by atoms with E-state index in [0.717, 1.165) is 74.4 Å². The molecule has 1 atom stereocenters. The molecule has 1 saturated heterocycles. The van der Waals surface area contributed by atoms with Gasteiger partial charge in [-0.05, 0) is 38.5 Å². The third-order valence-electron chi connectivity index (χ3n) is 6.69. The van der Waals surface area contributed by atoms with Crippen LogP contribution in [0.15, 0.2) is 35.7 Å². The molecule has 0 unspecified atom stereocenters. The lowest BCUT2D eigenvalue weighted by molar-refractivity contribution is 0.0716. The number of amides is 1. The topological polar surface area (TPSA) is 63.1 Å². The molecule has 1 aromatic carbocycles. The van der Waals surface area contributed by atoms with Gasteiger partial charge in [0.05, 0.1) is 10.7 Å². The molecule has 1 aliphatic carbocycles. The zero-order valence-electron chi connectivity index (χ0n) is 18.7. The Morgan fingerprint density at radius 2 is 2.00 bits per heavy atom. The fourth-order valence-corrected chi connectivity index (χ4v) is 5.74. The van der Waals surface area contributed by atoms with Crippen LogP contribution < -0.4 is 5.32 Å². The van der Waals surface area contributed by atoms with Gasteiger partial charge in [0.25, 0.3) is 5.91 Å². The molecule has 1 aliphatic heterocycles. The van der Waals surface area contributed by atoms with Crippen molar-refractivity contribution < 1.29 is 4.79 Å². The number of benzene rings is 1. The van der Waals surface area contributed by atoms with Crippen molar-refractivity contribution in [3.8, 4) is 11.3 Å². The minimum atomic E-state index is 0.124. The largest absolute Gasteiger partial charge is 0.337 e. The predicted molar refractivity (Wildman–Crippen MR) is 128 cm³/mol. The summed E-state index contributed by atoms with van der Waals surface area (Å²) < 4.78 is 1.93. The third kappa shape index (κ3) is 4.50. The van der Waals surface area contributed by atoms with Crippen molar-refractivity contribution in [1.29, 1.82) is 0 Å². The van der Waals surface area contributed by atoms with Gasteiger partial charge in [0.15, 0.2) is 5.69 Å². The number of thiazole rings is 1. The Hall–Kier alpha value is -2.51. The molecular formula is C25H31N5OS. The Kier molecular flexibility index (Phi) is 6.37. The van der Waals surface area contributed by atoms with Crippen LogP contribution in [0.5, 0.6) is 0 Å². The van der Waals surface area contributed by atoms with E-state index in [1.54, 1.807) is 11.3 Å². The lowest BCUT2D eigenvalue weighted by Gasteiger charge is -2.27. The van der Waals surface area contributed by atoms with Crippen LogP contribution in [0, 0.1) is 0 Å². The average Bonchev–Trinajstić information content (AvgIpc) is 3.44. The van der Waals surface area contributed by atoms with E-state index in [1.165, 1.54) is 17.7 Å². The maximum absolute atomic E-state index is 13.1. The van der Waals surface area contributed by atoms with E-state index in [-0.39, 0.29) is 5.91 Å². The summed E-state index contributed by atoms with van der Waals surface area (Å²) in [5.41, 5.74) is 5.31. The molecule has 2 aromatic heterocycles. The maximum Gasteiger partial charge on any atom is 0.274 e. The van der Waals surface area contributed by atoms with Gasteiger partial charge in [-0.1, -0.05) is 30.3 Å². The highest BCUT2D eigenvalue weighted by Gasteiger charge is 2.30. The molecule has 5 rings (SSSR count). The van der Waals surface area contributed by atoms with Crippen LogP contribution in [-0.4, -0.2) is 51.2 Å².